The summed E-state index contributed by atoms with van der Waals surface area (Å²) in [4.78, 5) is 22.5. The van der Waals surface area contributed by atoms with Crippen LogP contribution >= 0.6 is 0 Å². The molecule has 1 unspecified atom stereocenters. The lowest BCUT2D eigenvalue weighted by Crippen LogP contribution is -2.37. The number of benzene rings is 2. The van der Waals surface area contributed by atoms with Gasteiger partial charge < -0.3 is 9.64 Å². The fraction of sp³-hybridized carbons (Fsp3) is 0.357. The molecule has 4 rings (SSSR count). The lowest BCUT2D eigenvalue weighted by Gasteiger charge is -2.25. The molecule has 1 fully saturated rings. The van der Waals surface area contributed by atoms with Gasteiger partial charge in [-0.3, -0.25) is 14.7 Å². The van der Waals surface area contributed by atoms with Gasteiger partial charge in [0.15, 0.2) is 0 Å². The minimum atomic E-state index is -0.0985. The molecule has 1 aliphatic rings. The number of methoxy groups -OCH3 is 1. The number of hydrogen-bond donors (Lipinski definition) is 0. The zero-order chi connectivity index (χ0) is 23.0. The highest BCUT2D eigenvalue weighted by atomic mass is 16.5. The number of carbonyl (C=O) groups excluding carboxylic acids is 1. The summed E-state index contributed by atoms with van der Waals surface area (Å²) >= 11 is 0. The van der Waals surface area contributed by atoms with E-state index in [9.17, 15) is 4.79 Å². The fourth-order valence-corrected chi connectivity index (χ4v) is 4.71. The van der Waals surface area contributed by atoms with Crippen molar-refractivity contribution in [3.8, 4) is 16.9 Å². The van der Waals surface area contributed by atoms with Crippen LogP contribution in [0, 0.1) is 5.92 Å². The average Bonchev–Trinajstić information content (AvgIpc) is 2.99. The average molecular weight is 444 g/mol. The van der Waals surface area contributed by atoms with Gasteiger partial charge in [0.2, 0.25) is 5.91 Å². The minimum absolute atomic E-state index is 0.0985. The molecule has 1 aliphatic heterocycles. The molecule has 0 radical (unpaired) electrons. The summed E-state index contributed by atoms with van der Waals surface area (Å²) in [5, 5.41) is 0. The Kier molecular flexibility index (Phi) is 7.74. The molecule has 0 aliphatic carbocycles. The summed E-state index contributed by atoms with van der Waals surface area (Å²) in [7, 11) is 1.70. The second-order valence-electron chi connectivity index (χ2n) is 8.64. The molecular formula is C28H33N3O2. The molecule has 2 aromatic carbocycles. The lowest BCUT2D eigenvalue weighted by atomic mass is 9.91. The van der Waals surface area contributed by atoms with E-state index in [0.717, 1.165) is 61.7 Å². The maximum absolute atomic E-state index is 13.6. The van der Waals surface area contributed by atoms with Crippen LogP contribution in [0.5, 0.6) is 5.75 Å². The quantitative estimate of drug-likeness (QED) is 0.508. The molecule has 0 N–H and O–H groups in total. The van der Waals surface area contributed by atoms with E-state index in [1.807, 2.05) is 36.5 Å². The summed E-state index contributed by atoms with van der Waals surface area (Å²) in [6.45, 7) is 6.07. The van der Waals surface area contributed by atoms with E-state index in [1.165, 1.54) is 5.56 Å². The first kappa shape index (κ1) is 23.0. The van der Waals surface area contributed by atoms with E-state index in [-0.39, 0.29) is 11.8 Å². The van der Waals surface area contributed by atoms with Gasteiger partial charge in [0.25, 0.3) is 0 Å². The van der Waals surface area contributed by atoms with Crippen LogP contribution in [-0.2, 0) is 17.8 Å². The van der Waals surface area contributed by atoms with Crippen molar-refractivity contribution in [2.75, 3.05) is 33.3 Å². The van der Waals surface area contributed by atoms with Gasteiger partial charge in [0.05, 0.1) is 18.7 Å². The molecule has 33 heavy (non-hydrogen) atoms. The first-order valence-electron chi connectivity index (χ1n) is 11.8. The van der Waals surface area contributed by atoms with E-state index in [2.05, 4.69) is 58.1 Å². The highest BCUT2D eigenvalue weighted by Gasteiger charge is 2.31. The van der Waals surface area contributed by atoms with Gasteiger partial charge >= 0.3 is 0 Å². The van der Waals surface area contributed by atoms with Gasteiger partial charge in [-0.25, -0.2) is 0 Å². The van der Waals surface area contributed by atoms with Crippen LogP contribution in [0.4, 0.5) is 0 Å². The van der Waals surface area contributed by atoms with Gasteiger partial charge in [-0.15, -0.1) is 0 Å². The zero-order valence-corrected chi connectivity index (χ0v) is 19.6. The van der Waals surface area contributed by atoms with Crippen molar-refractivity contribution < 1.29 is 9.53 Å². The topological polar surface area (TPSA) is 45.7 Å². The predicted octanol–water partition coefficient (Wildman–Crippen LogP) is 4.67. The number of ether oxygens (including phenoxy) is 1. The Balaban J connectivity index is 1.62. The van der Waals surface area contributed by atoms with Gasteiger partial charge in [-0.05, 0) is 42.2 Å². The Morgan fingerprint density at radius 2 is 1.73 bits per heavy atom. The number of carbonyl (C=O) groups is 1. The number of nitrogens with zero attached hydrogens (tertiary/aromatic N) is 3. The van der Waals surface area contributed by atoms with E-state index in [1.54, 1.807) is 7.11 Å². The monoisotopic (exact) mass is 443 g/mol. The first-order valence-corrected chi connectivity index (χ1v) is 11.8. The first-order chi connectivity index (χ1) is 16.2. The van der Waals surface area contributed by atoms with E-state index >= 15 is 0 Å². The van der Waals surface area contributed by atoms with Crippen molar-refractivity contribution in [2.24, 2.45) is 5.92 Å². The number of rotatable bonds is 8. The van der Waals surface area contributed by atoms with Gasteiger partial charge in [-0.1, -0.05) is 55.5 Å². The third kappa shape index (κ3) is 5.60. The minimum Gasteiger partial charge on any atom is -0.496 e. The number of hydrogen-bond acceptors (Lipinski definition) is 4. The van der Waals surface area contributed by atoms with Gasteiger partial charge in [0, 0.05) is 44.5 Å². The second-order valence-corrected chi connectivity index (χ2v) is 8.64. The van der Waals surface area contributed by atoms with E-state index in [4.69, 9.17) is 4.74 Å². The zero-order valence-electron chi connectivity index (χ0n) is 19.6. The fourth-order valence-electron chi connectivity index (χ4n) is 4.71. The van der Waals surface area contributed by atoms with Crippen LogP contribution < -0.4 is 4.74 Å². The van der Waals surface area contributed by atoms with Crippen molar-refractivity contribution in [3.05, 3.63) is 84.2 Å². The van der Waals surface area contributed by atoms with Gasteiger partial charge in [0.1, 0.15) is 5.75 Å². The molecule has 1 atom stereocenters. The Morgan fingerprint density at radius 3 is 2.48 bits per heavy atom. The Labute approximate surface area is 197 Å². The molecule has 5 heteroatoms. The molecule has 0 saturated carbocycles. The van der Waals surface area contributed by atoms with E-state index < -0.39 is 0 Å². The normalized spacial score (nSPS) is 17.1. The number of pyridine rings is 1. The molecule has 2 heterocycles. The molecule has 172 valence electrons. The third-order valence-corrected chi connectivity index (χ3v) is 6.31. The van der Waals surface area contributed by atoms with Crippen LogP contribution in [0.1, 0.15) is 24.6 Å². The summed E-state index contributed by atoms with van der Waals surface area (Å²) in [5.74, 6) is 1.01. The van der Waals surface area contributed by atoms with E-state index in [0.29, 0.717) is 6.42 Å². The van der Waals surface area contributed by atoms with Crippen molar-refractivity contribution in [3.63, 3.8) is 0 Å². The Morgan fingerprint density at radius 1 is 0.970 bits per heavy atom. The molecule has 1 amide bonds. The van der Waals surface area contributed by atoms with Crippen molar-refractivity contribution in [2.45, 2.75) is 26.3 Å². The van der Waals surface area contributed by atoms with Crippen molar-refractivity contribution in [1.82, 2.24) is 14.8 Å². The molecule has 1 aromatic heterocycles. The highest BCUT2D eigenvalue weighted by molar-refractivity contribution is 5.81. The Hall–Kier alpha value is -3.18. The van der Waals surface area contributed by atoms with Gasteiger partial charge in [-0.2, -0.15) is 0 Å². The largest absolute Gasteiger partial charge is 0.496 e. The van der Waals surface area contributed by atoms with Crippen molar-refractivity contribution in [1.29, 1.82) is 0 Å². The van der Waals surface area contributed by atoms with Crippen LogP contribution in [0.15, 0.2) is 72.9 Å². The maximum atomic E-state index is 13.6. The predicted molar refractivity (Wildman–Crippen MR) is 132 cm³/mol. The Bertz CT molecular complexity index is 1050. The second kappa shape index (κ2) is 11.1. The third-order valence-electron chi connectivity index (χ3n) is 6.31. The lowest BCUT2D eigenvalue weighted by molar-refractivity contribution is -0.134. The smallest absolute Gasteiger partial charge is 0.227 e. The van der Waals surface area contributed by atoms with Crippen LogP contribution in [0.3, 0.4) is 0 Å². The molecule has 1 saturated heterocycles. The molecule has 5 nitrogen and oxygen atoms in total. The highest BCUT2D eigenvalue weighted by Crippen LogP contribution is 2.33. The molecule has 0 bridgehead atoms. The summed E-state index contributed by atoms with van der Waals surface area (Å²) in [6, 6.07) is 22.5. The van der Waals surface area contributed by atoms with Crippen molar-refractivity contribution >= 4 is 5.91 Å². The van der Waals surface area contributed by atoms with Crippen LogP contribution in [-0.4, -0.2) is 54.0 Å². The van der Waals surface area contributed by atoms with Crippen LogP contribution in [0.2, 0.25) is 0 Å². The SMILES string of the molecule is CCCN1CCN(Cc2ccccn2)CC(Cc2ccccc2-c2ccccc2OC)C1=O. The number of amides is 1. The number of aromatic nitrogens is 1. The summed E-state index contributed by atoms with van der Waals surface area (Å²) < 4.78 is 5.63. The molecule has 3 aromatic rings. The summed E-state index contributed by atoms with van der Waals surface area (Å²) in [6.07, 6.45) is 3.51. The standard InChI is InChI=1S/C28H33N3O2/c1-3-16-31-18-17-30(21-24-11-8-9-15-29-24)20-23(28(31)32)19-22-10-4-5-12-25(22)26-13-6-7-14-27(26)33-2/h4-15,23H,3,16-21H2,1-2H3. The van der Waals surface area contributed by atoms with Crippen LogP contribution in [0.25, 0.3) is 11.1 Å². The molecular weight excluding hydrogens is 410 g/mol. The summed E-state index contributed by atoms with van der Waals surface area (Å²) in [5.41, 5.74) is 4.41. The maximum Gasteiger partial charge on any atom is 0.227 e. The molecule has 0 spiro atoms. The number of para-hydroxylation sites is 1.